The maximum Gasteiger partial charge on any atom is 0.323 e. The zero-order chi connectivity index (χ0) is 28.8. The lowest BCUT2D eigenvalue weighted by Crippen LogP contribution is -2.20. The number of fused-ring (bicyclic) bond motifs is 1. The van der Waals surface area contributed by atoms with Crippen molar-refractivity contribution in [1.29, 1.82) is 0 Å². The van der Waals surface area contributed by atoms with E-state index in [0.717, 1.165) is 33.4 Å². The van der Waals surface area contributed by atoms with Crippen molar-refractivity contribution in [3.05, 3.63) is 141 Å². The van der Waals surface area contributed by atoms with E-state index >= 15 is 0 Å². The number of H-pyrrole nitrogens is 2. The van der Waals surface area contributed by atoms with Crippen molar-refractivity contribution < 1.29 is 0 Å². The Hall–Kier alpha value is -3.76. The molecule has 4 nitrogen and oxygen atoms in total. The van der Waals surface area contributed by atoms with Crippen LogP contribution < -0.4 is 5.69 Å². The van der Waals surface area contributed by atoms with E-state index in [-0.39, 0.29) is 5.69 Å². The summed E-state index contributed by atoms with van der Waals surface area (Å²) in [6.07, 6.45) is 15.8. The summed E-state index contributed by atoms with van der Waals surface area (Å²) in [5.74, 6) is 0. The smallest absolute Gasteiger partial charge is 0.323 e. The van der Waals surface area contributed by atoms with E-state index in [2.05, 4.69) is 73.6 Å². The van der Waals surface area contributed by atoms with Crippen LogP contribution in [-0.2, 0) is 0 Å². The van der Waals surface area contributed by atoms with Crippen LogP contribution >= 0.6 is 11.6 Å². The topological polar surface area (TPSA) is 51.9 Å². The number of rotatable bonds is 10. The average Bonchev–Trinajstić information content (AvgIpc) is 3.23. The molecule has 38 heavy (non-hydrogen) atoms. The molecule has 0 aliphatic rings. The Morgan fingerprint density at radius 1 is 1.03 bits per heavy atom. The van der Waals surface area contributed by atoms with Gasteiger partial charge in [-0.3, -0.25) is 0 Å². The Kier molecular flexibility index (Phi) is 13.7. The maximum absolute atomic E-state index is 10.8. The lowest BCUT2D eigenvalue weighted by molar-refractivity contribution is 0.468. The molecule has 0 aliphatic carbocycles. The van der Waals surface area contributed by atoms with Gasteiger partial charge in [-0.05, 0) is 99.8 Å². The van der Waals surface area contributed by atoms with Crippen LogP contribution in [0.4, 0.5) is 0 Å². The first kappa shape index (κ1) is 32.3. The molecule has 0 aliphatic heterocycles. The second-order valence-electron chi connectivity index (χ2n) is 9.26. The van der Waals surface area contributed by atoms with Crippen molar-refractivity contribution in [3.8, 4) is 0 Å². The van der Waals surface area contributed by atoms with Crippen LogP contribution in [0.3, 0.4) is 0 Å². The third-order valence-electron chi connectivity index (χ3n) is 5.48. The zero-order valence-corrected chi connectivity index (χ0v) is 24.7. The summed E-state index contributed by atoms with van der Waals surface area (Å²) in [6.45, 7) is 25.1. The Morgan fingerprint density at radius 3 is 2.26 bits per heavy atom. The zero-order valence-electron chi connectivity index (χ0n) is 23.9. The second-order valence-corrected chi connectivity index (χ2v) is 9.69. The van der Waals surface area contributed by atoms with E-state index in [1.807, 2.05) is 70.3 Å². The van der Waals surface area contributed by atoms with E-state index in [4.69, 9.17) is 11.6 Å². The van der Waals surface area contributed by atoms with Crippen LogP contribution in [0.25, 0.3) is 11.0 Å². The summed E-state index contributed by atoms with van der Waals surface area (Å²) in [4.78, 5) is 18.3. The molecular weight excluding hydrogens is 490 g/mol. The van der Waals surface area contributed by atoms with Gasteiger partial charge in [-0.1, -0.05) is 73.4 Å². The molecule has 0 fully saturated rings. The largest absolute Gasteiger partial charge is 0.370 e. The molecule has 0 radical (unpaired) electrons. The molecule has 202 valence electrons. The Morgan fingerprint density at radius 2 is 1.68 bits per heavy atom. The molecule has 0 atom stereocenters. The molecule has 1 aromatic carbocycles. The highest BCUT2D eigenvalue weighted by molar-refractivity contribution is 6.31. The molecule has 2 N–H and O–H groups in total. The summed E-state index contributed by atoms with van der Waals surface area (Å²) in [5.41, 5.74) is 9.26. The normalized spacial score (nSPS) is 12.7. The Bertz CT molecular complexity index is 1380. The summed E-state index contributed by atoms with van der Waals surface area (Å²) < 4.78 is 0. The lowest BCUT2D eigenvalue weighted by atomic mass is 10.0. The molecule has 0 amide bonds. The minimum atomic E-state index is -0.148. The van der Waals surface area contributed by atoms with Gasteiger partial charge in [0, 0.05) is 24.3 Å². The van der Waals surface area contributed by atoms with E-state index in [0.29, 0.717) is 11.6 Å². The monoisotopic (exact) mass is 531 g/mol. The first-order chi connectivity index (χ1) is 17.9. The molecule has 0 saturated heterocycles. The standard InChI is InChI=1S/C25H34ClN.C8H8N2O/c1-10-13-25(27(9)18-20(6)14-15-24(26)12-3)22(8)17-21(7)23(11-2)16-19(4)5;1-5-2-3-6-7(4-5)10-8(11)9-6/h10-17H,1,6,8,18H2,2-5,7,9H3;2-4H,1H3,(H2,9,10,11)/b15-14-,21-17-,23-11-,24-12+,25-13-;. The number of aryl methyl sites for hydroxylation is 1. The van der Waals surface area contributed by atoms with Crippen molar-refractivity contribution in [2.75, 3.05) is 13.6 Å². The van der Waals surface area contributed by atoms with Crippen LogP contribution in [0, 0.1) is 6.92 Å². The van der Waals surface area contributed by atoms with Crippen LogP contribution in [0.15, 0.2) is 130 Å². The maximum atomic E-state index is 10.8. The number of likely N-dealkylation sites (N-methyl/N-ethyl adjacent to an activating group) is 1. The van der Waals surface area contributed by atoms with Gasteiger partial charge in [-0.2, -0.15) is 0 Å². The van der Waals surface area contributed by atoms with Gasteiger partial charge in [0.15, 0.2) is 0 Å². The molecular formula is C33H42ClN3O. The van der Waals surface area contributed by atoms with Gasteiger partial charge in [0.25, 0.3) is 0 Å². The van der Waals surface area contributed by atoms with Crippen molar-refractivity contribution >= 4 is 22.6 Å². The molecule has 2 aromatic rings. The van der Waals surface area contributed by atoms with Crippen LogP contribution in [0.1, 0.15) is 40.2 Å². The first-order valence-electron chi connectivity index (χ1n) is 12.5. The highest BCUT2D eigenvalue weighted by Gasteiger charge is 2.08. The minimum absolute atomic E-state index is 0.148. The molecule has 0 spiro atoms. The predicted octanol–water partition coefficient (Wildman–Crippen LogP) is 8.82. The quantitative estimate of drug-likeness (QED) is 0.301. The minimum Gasteiger partial charge on any atom is -0.370 e. The third kappa shape index (κ3) is 11.1. The van der Waals surface area contributed by atoms with Gasteiger partial charge in [0.05, 0.1) is 11.0 Å². The molecule has 0 bridgehead atoms. The first-order valence-corrected chi connectivity index (χ1v) is 12.9. The fraction of sp³-hybridized carbons (Fsp3) is 0.242. The highest BCUT2D eigenvalue weighted by atomic mass is 35.5. The van der Waals surface area contributed by atoms with Crippen LogP contribution in [0.5, 0.6) is 0 Å². The van der Waals surface area contributed by atoms with Crippen molar-refractivity contribution in [2.45, 2.75) is 41.5 Å². The number of aromatic nitrogens is 2. The number of benzene rings is 1. The van der Waals surface area contributed by atoms with Gasteiger partial charge in [0.1, 0.15) is 0 Å². The number of hydrogen-bond donors (Lipinski definition) is 2. The van der Waals surface area contributed by atoms with Crippen molar-refractivity contribution in [2.24, 2.45) is 0 Å². The van der Waals surface area contributed by atoms with Gasteiger partial charge < -0.3 is 14.9 Å². The van der Waals surface area contributed by atoms with Crippen LogP contribution in [0.2, 0.25) is 0 Å². The predicted molar refractivity (Wildman–Crippen MR) is 169 cm³/mol. The average molecular weight is 532 g/mol. The summed E-state index contributed by atoms with van der Waals surface area (Å²) in [7, 11) is 2.02. The van der Waals surface area contributed by atoms with Crippen molar-refractivity contribution in [3.63, 3.8) is 0 Å². The van der Waals surface area contributed by atoms with Crippen molar-refractivity contribution in [1.82, 2.24) is 14.9 Å². The van der Waals surface area contributed by atoms with E-state index in [1.165, 1.54) is 16.7 Å². The lowest BCUT2D eigenvalue weighted by Gasteiger charge is -2.24. The Balaban J connectivity index is 0.000000534. The van der Waals surface area contributed by atoms with Gasteiger partial charge in [-0.15, -0.1) is 0 Å². The molecule has 2 rings (SSSR count). The van der Waals surface area contributed by atoms with Gasteiger partial charge in [-0.25, -0.2) is 4.79 Å². The van der Waals surface area contributed by atoms with E-state index in [9.17, 15) is 4.79 Å². The van der Waals surface area contributed by atoms with E-state index in [1.54, 1.807) is 6.08 Å². The fourth-order valence-electron chi connectivity index (χ4n) is 3.63. The molecule has 1 aromatic heterocycles. The SMILES string of the molecule is C=C/C=C(/C(=C)/C=C(C)\C(C=C(C)C)=C/C)N(C)CC(=C)/C=C\C(Cl)=C/C.Cc1ccc2[nH]c(=O)[nH]c2c1. The molecule has 5 heteroatoms. The molecule has 1 heterocycles. The number of allylic oxidation sites excluding steroid dienone is 11. The number of hydrogen-bond acceptors (Lipinski definition) is 2. The van der Waals surface area contributed by atoms with Gasteiger partial charge >= 0.3 is 5.69 Å². The van der Waals surface area contributed by atoms with E-state index < -0.39 is 0 Å². The van der Waals surface area contributed by atoms with Crippen LogP contribution in [-0.4, -0.2) is 28.5 Å². The summed E-state index contributed by atoms with van der Waals surface area (Å²) in [6, 6.07) is 5.79. The fourth-order valence-corrected chi connectivity index (χ4v) is 3.69. The number of imidazole rings is 1. The third-order valence-corrected chi connectivity index (χ3v) is 5.83. The Labute approximate surface area is 233 Å². The molecule has 0 unspecified atom stereocenters. The number of halogens is 1. The van der Waals surface area contributed by atoms with Gasteiger partial charge in [0.2, 0.25) is 0 Å². The second kappa shape index (κ2) is 16.2. The summed E-state index contributed by atoms with van der Waals surface area (Å²) >= 11 is 6.01. The summed E-state index contributed by atoms with van der Waals surface area (Å²) in [5, 5.41) is 0.696. The highest BCUT2D eigenvalue weighted by Crippen LogP contribution is 2.21. The number of nitrogens with zero attached hydrogens (tertiary/aromatic N) is 1. The molecule has 0 saturated carbocycles. The number of nitrogens with one attached hydrogen (secondary N) is 2. The number of aromatic amines is 2.